The van der Waals surface area contributed by atoms with Crippen LogP contribution in [0.15, 0.2) is 18.2 Å². The molecule has 1 aliphatic rings. The summed E-state index contributed by atoms with van der Waals surface area (Å²) < 4.78 is 0. The molecule has 4 heteroatoms. The number of para-hydroxylation sites is 1. The van der Waals surface area contributed by atoms with Crippen LogP contribution in [0, 0.1) is 0 Å². The molecule has 0 bridgehead atoms. The van der Waals surface area contributed by atoms with E-state index in [2.05, 4.69) is 41.1 Å². The zero-order valence-electron chi connectivity index (χ0n) is 11.6. The fraction of sp³-hybridized carbons (Fsp3) is 0.533. The van der Waals surface area contributed by atoms with Crippen LogP contribution >= 0.6 is 0 Å². The summed E-state index contributed by atoms with van der Waals surface area (Å²) >= 11 is 0. The molecule has 1 aliphatic heterocycles. The van der Waals surface area contributed by atoms with Crippen LogP contribution in [0.1, 0.15) is 30.9 Å². The predicted octanol–water partition coefficient (Wildman–Crippen LogP) is 1.66. The third kappa shape index (κ3) is 3.96. The fourth-order valence-electron chi connectivity index (χ4n) is 2.34. The average molecular weight is 261 g/mol. The first-order valence-corrected chi connectivity index (χ1v) is 7.13. The molecule has 0 saturated heterocycles. The van der Waals surface area contributed by atoms with Gasteiger partial charge in [0.15, 0.2) is 0 Å². The number of fused-ring (bicyclic) bond motifs is 1. The van der Waals surface area contributed by atoms with Gasteiger partial charge in [0.1, 0.15) is 0 Å². The van der Waals surface area contributed by atoms with Crippen LogP contribution in [0.3, 0.4) is 0 Å². The highest BCUT2D eigenvalue weighted by molar-refractivity contribution is 5.76. The molecule has 1 aromatic carbocycles. The summed E-state index contributed by atoms with van der Waals surface area (Å²) in [5.74, 6) is 0.130. The molecular formula is C15H23N3O. The number of benzene rings is 1. The number of rotatable bonds is 7. The molecule has 0 fully saturated rings. The quantitative estimate of drug-likeness (QED) is 0.654. The van der Waals surface area contributed by atoms with Gasteiger partial charge in [-0.3, -0.25) is 4.79 Å². The van der Waals surface area contributed by atoms with E-state index in [1.54, 1.807) is 0 Å². The molecule has 0 unspecified atom stereocenters. The monoisotopic (exact) mass is 261 g/mol. The minimum atomic E-state index is 0.130. The van der Waals surface area contributed by atoms with Crippen LogP contribution < -0.4 is 16.0 Å². The van der Waals surface area contributed by atoms with Gasteiger partial charge in [-0.25, -0.2) is 0 Å². The number of hydrogen-bond donors (Lipinski definition) is 3. The summed E-state index contributed by atoms with van der Waals surface area (Å²) in [5.41, 5.74) is 3.98. The van der Waals surface area contributed by atoms with Crippen molar-refractivity contribution in [1.82, 2.24) is 10.6 Å². The molecular weight excluding hydrogens is 238 g/mol. The van der Waals surface area contributed by atoms with E-state index in [9.17, 15) is 4.79 Å². The Morgan fingerprint density at radius 1 is 1.37 bits per heavy atom. The summed E-state index contributed by atoms with van der Waals surface area (Å²) in [6.45, 7) is 5.40. The van der Waals surface area contributed by atoms with Gasteiger partial charge in [0.05, 0.1) is 0 Å². The Bertz CT molecular complexity index is 431. The Labute approximate surface area is 115 Å². The van der Waals surface area contributed by atoms with Gasteiger partial charge in [-0.2, -0.15) is 0 Å². The van der Waals surface area contributed by atoms with Gasteiger partial charge in [0.2, 0.25) is 5.91 Å². The Kier molecular flexibility index (Phi) is 5.21. The zero-order chi connectivity index (χ0) is 13.5. The van der Waals surface area contributed by atoms with E-state index in [1.807, 2.05) is 0 Å². The average Bonchev–Trinajstić information content (AvgIpc) is 2.90. The molecule has 0 aromatic heterocycles. The summed E-state index contributed by atoms with van der Waals surface area (Å²) in [7, 11) is 0. The van der Waals surface area contributed by atoms with E-state index in [-0.39, 0.29) is 5.91 Å². The molecule has 1 amide bonds. The van der Waals surface area contributed by atoms with E-state index in [0.717, 1.165) is 39.0 Å². The first-order chi connectivity index (χ1) is 9.31. The largest absolute Gasteiger partial charge is 0.384 e. The van der Waals surface area contributed by atoms with Crippen molar-refractivity contribution in [2.24, 2.45) is 0 Å². The molecule has 3 N–H and O–H groups in total. The molecule has 0 radical (unpaired) electrons. The van der Waals surface area contributed by atoms with Crippen LogP contribution in [0.4, 0.5) is 5.69 Å². The molecule has 1 heterocycles. The fourth-order valence-corrected chi connectivity index (χ4v) is 2.34. The van der Waals surface area contributed by atoms with Crippen LogP contribution in [0.5, 0.6) is 0 Å². The Morgan fingerprint density at radius 2 is 2.26 bits per heavy atom. The number of amides is 1. The molecule has 1 aromatic rings. The topological polar surface area (TPSA) is 53.2 Å². The van der Waals surface area contributed by atoms with Crippen molar-refractivity contribution >= 4 is 11.6 Å². The van der Waals surface area contributed by atoms with Crippen molar-refractivity contribution in [3.8, 4) is 0 Å². The summed E-state index contributed by atoms with van der Waals surface area (Å²) in [6.07, 6.45) is 2.64. The highest BCUT2D eigenvalue weighted by Gasteiger charge is 2.12. The first-order valence-electron chi connectivity index (χ1n) is 7.13. The van der Waals surface area contributed by atoms with Crippen molar-refractivity contribution in [3.63, 3.8) is 0 Å². The molecule has 19 heavy (non-hydrogen) atoms. The van der Waals surface area contributed by atoms with Gasteiger partial charge >= 0.3 is 0 Å². The lowest BCUT2D eigenvalue weighted by molar-refractivity contribution is -0.120. The van der Waals surface area contributed by atoms with Gasteiger partial charge in [-0.1, -0.05) is 25.1 Å². The van der Waals surface area contributed by atoms with Crippen molar-refractivity contribution in [2.75, 3.05) is 25.0 Å². The lowest BCUT2D eigenvalue weighted by Gasteiger charge is -2.10. The third-order valence-electron chi connectivity index (χ3n) is 3.35. The molecule has 0 saturated carbocycles. The molecule has 0 aliphatic carbocycles. The minimum absolute atomic E-state index is 0.130. The second-order valence-electron chi connectivity index (χ2n) is 4.90. The van der Waals surface area contributed by atoms with Crippen LogP contribution in [0.25, 0.3) is 0 Å². The van der Waals surface area contributed by atoms with Crippen LogP contribution in [-0.4, -0.2) is 25.5 Å². The summed E-state index contributed by atoms with van der Waals surface area (Å²) in [6, 6.07) is 6.43. The number of nitrogens with one attached hydrogen (secondary N) is 3. The molecule has 4 nitrogen and oxygen atoms in total. The van der Waals surface area contributed by atoms with Gasteiger partial charge < -0.3 is 16.0 Å². The zero-order valence-corrected chi connectivity index (χ0v) is 11.6. The number of carbonyl (C=O) groups excluding carboxylic acids is 1. The van der Waals surface area contributed by atoms with Crippen molar-refractivity contribution in [3.05, 3.63) is 29.3 Å². The Morgan fingerprint density at radius 3 is 3.11 bits per heavy atom. The normalized spacial score (nSPS) is 12.9. The van der Waals surface area contributed by atoms with Gasteiger partial charge in [0, 0.05) is 38.3 Å². The van der Waals surface area contributed by atoms with Crippen LogP contribution in [0.2, 0.25) is 0 Å². The Balaban J connectivity index is 1.72. The lowest BCUT2D eigenvalue weighted by Crippen LogP contribution is -2.28. The van der Waals surface area contributed by atoms with Crippen molar-refractivity contribution in [2.45, 2.75) is 32.7 Å². The standard InChI is InChI=1S/C15H23N3O/c1-2-8-17-14(19)7-9-16-11-13-5-3-4-12-6-10-18-15(12)13/h3-5,16,18H,2,6-11H2,1H3,(H,17,19). The summed E-state index contributed by atoms with van der Waals surface area (Å²) in [5, 5.41) is 9.65. The van der Waals surface area contributed by atoms with Crippen LogP contribution in [-0.2, 0) is 17.8 Å². The van der Waals surface area contributed by atoms with Gasteiger partial charge in [-0.05, 0) is 24.0 Å². The molecule has 104 valence electrons. The van der Waals surface area contributed by atoms with E-state index < -0.39 is 0 Å². The predicted molar refractivity (Wildman–Crippen MR) is 78.3 cm³/mol. The second kappa shape index (κ2) is 7.14. The summed E-state index contributed by atoms with van der Waals surface area (Å²) in [4.78, 5) is 11.4. The maximum absolute atomic E-state index is 11.4. The highest BCUT2D eigenvalue weighted by atomic mass is 16.1. The van der Waals surface area contributed by atoms with E-state index in [4.69, 9.17) is 0 Å². The van der Waals surface area contributed by atoms with Gasteiger partial charge in [-0.15, -0.1) is 0 Å². The van der Waals surface area contributed by atoms with Crippen molar-refractivity contribution < 1.29 is 4.79 Å². The van der Waals surface area contributed by atoms with E-state index in [1.165, 1.54) is 16.8 Å². The van der Waals surface area contributed by atoms with E-state index in [0.29, 0.717) is 6.42 Å². The van der Waals surface area contributed by atoms with Crippen molar-refractivity contribution in [1.29, 1.82) is 0 Å². The second-order valence-corrected chi connectivity index (χ2v) is 4.90. The number of anilines is 1. The Hall–Kier alpha value is -1.55. The highest BCUT2D eigenvalue weighted by Crippen LogP contribution is 2.25. The molecule has 2 rings (SSSR count). The maximum Gasteiger partial charge on any atom is 0.221 e. The smallest absolute Gasteiger partial charge is 0.221 e. The van der Waals surface area contributed by atoms with E-state index >= 15 is 0 Å². The van der Waals surface area contributed by atoms with Gasteiger partial charge in [0.25, 0.3) is 0 Å². The first kappa shape index (κ1) is 13.9. The number of hydrogen-bond acceptors (Lipinski definition) is 3. The minimum Gasteiger partial charge on any atom is -0.384 e. The third-order valence-corrected chi connectivity index (χ3v) is 3.35. The molecule has 0 atom stereocenters. The molecule has 0 spiro atoms. The SMILES string of the molecule is CCCNC(=O)CCNCc1cccc2c1NCC2. The number of carbonyl (C=O) groups is 1. The lowest BCUT2D eigenvalue weighted by atomic mass is 10.1. The maximum atomic E-state index is 11.4.